The SMILES string of the molecule is C=CC(=O)Oc1cc2ccc(=O)oc2cc1OC(=O)C=C. The van der Waals surface area contributed by atoms with Crippen molar-refractivity contribution in [3.05, 3.63) is 60.0 Å². The van der Waals surface area contributed by atoms with Crippen LogP contribution in [0.15, 0.2) is 58.8 Å². The van der Waals surface area contributed by atoms with E-state index in [4.69, 9.17) is 13.9 Å². The quantitative estimate of drug-likeness (QED) is 0.370. The number of esters is 2. The van der Waals surface area contributed by atoms with Gasteiger partial charge in [0.1, 0.15) is 5.58 Å². The summed E-state index contributed by atoms with van der Waals surface area (Å²) in [5.41, 5.74) is -0.368. The van der Waals surface area contributed by atoms with Crippen molar-refractivity contribution in [2.24, 2.45) is 0 Å². The minimum atomic E-state index is -0.747. The second-order valence-corrected chi connectivity index (χ2v) is 3.84. The molecule has 0 bridgehead atoms. The Kier molecular flexibility index (Phi) is 3.99. The fourth-order valence-electron chi connectivity index (χ4n) is 1.54. The van der Waals surface area contributed by atoms with Crippen molar-refractivity contribution in [1.82, 2.24) is 0 Å². The van der Waals surface area contributed by atoms with Gasteiger partial charge < -0.3 is 13.9 Å². The Balaban J connectivity index is 2.58. The Morgan fingerprint density at radius 3 is 2.14 bits per heavy atom. The minimum Gasteiger partial charge on any atom is -0.423 e. The molecule has 21 heavy (non-hydrogen) atoms. The van der Waals surface area contributed by atoms with Crippen LogP contribution in [0, 0.1) is 0 Å². The molecule has 1 aromatic heterocycles. The van der Waals surface area contributed by atoms with Crippen molar-refractivity contribution < 1.29 is 23.5 Å². The zero-order valence-corrected chi connectivity index (χ0v) is 10.8. The number of fused-ring (bicyclic) bond motifs is 1. The highest BCUT2D eigenvalue weighted by Gasteiger charge is 2.14. The molecule has 0 fully saturated rings. The highest BCUT2D eigenvalue weighted by atomic mass is 16.6. The van der Waals surface area contributed by atoms with Gasteiger partial charge in [0.15, 0.2) is 11.5 Å². The maximum absolute atomic E-state index is 11.3. The first-order valence-corrected chi connectivity index (χ1v) is 5.80. The van der Waals surface area contributed by atoms with E-state index in [0.29, 0.717) is 5.39 Å². The molecule has 2 aromatic rings. The largest absolute Gasteiger partial charge is 0.423 e. The van der Waals surface area contributed by atoms with Crippen LogP contribution in [0.2, 0.25) is 0 Å². The van der Waals surface area contributed by atoms with Crippen LogP contribution in [-0.2, 0) is 9.59 Å². The summed E-state index contributed by atoms with van der Waals surface area (Å²) in [4.78, 5) is 33.8. The van der Waals surface area contributed by atoms with Gasteiger partial charge in [-0.3, -0.25) is 0 Å². The lowest BCUT2D eigenvalue weighted by molar-refractivity contribution is -0.131. The number of benzene rings is 1. The number of hydrogen-bond donors (Lipinski definition) is 0. The summed E-state index contributed by atoms with van der Waals surface area (Å²) in [6, 6.07) is 5.40. The molecule has 1 heterocycles. The number of hydrogen-bond acceptors (Lipinski definition) is 6. The third-order valence-corrected chi connectivity index (χ3v) is 2.44. The first-order chi connectivity index (χ1) is 10.0. The monoisotopic (exact) mass is 286 g/mol. The summed E-state index contributed by atoms with van der Waals surface area (Å²) in [7, 11) is 0. The smallest absolute Gasteiger partial charge is 0.336 e. The zero-order chi connectivity index (χ0) is 15.4. The Labute approximate surface area is 118 Å². The highest BCUT2D eigenvalue weighted by Crippen LogP contribution is 2.32. The second kappa shape index (κ2) is 5.87. The van der Waals surface area contributed by atoms with Gasteiger partial charge in [0, 0.05) is 29.7 Å². The molecule has 0 N–H and O–H groups in total. The van der Waals surface area contributed by atoms with Gasteiger partial charge in [0.25, 0.3) is 0 Å². The molecule has 0 aliphatic carbocycles. The second-order valence-electron chi connectivity index (χ2n) is 3.84. The fraction of sp³-hybridized carbons (Fsp3) is 0. The van der Waals surface area contributed by atoms with E-state index in [1.807, 2.05) is 0 Å². The predicted octanol–water partition coefficient (Wildman–Crippen LogP) is 1.98. The van der Waals surface area contributed by atoms with Crippen LogP contribution >= 0.6 is 0 Å². The summed E-state index contributed by atoms with van der Waals surface area (Å²) in [5.74, 6) is -1.54. The molecule has 0 atom stereocenters. The molecule has 1 aromatic carbocycles. The van der Waals surface area contributed by atoms with E-state index in [9.17, 15) is 14.4 Å². The maximum Gasteiger partial charge on any atom is 0.336 e. The Morgan fingerprint density at radius 1 is 1.00 bits per heavy atom. The number of carbonyl (C=O) groups excluding carboxylic acids is 2. The Morgan fingerprint density at radius 2 is 1.57 bits per heavy atom. The van der Waals surface area contributed by atoms with E-state index in [1.54, 1.807) is 0 Å². The molecule has 6 nitrogen and oxygen atoms in total. The Hall–Kier alpha value is -3.15. The molecule has 106 valence electrons. The standard InChI is InChI=1S/C15H10O6/c1-3-13(16)20-11-7-9-5-6-15(18)19-10(9)8-12(11)21-14(17)4-2/h3-8H,1-2H2. The molecule has 6 heteroatoms. The Bertz CT molecular complexity index is 799. The van der Waals surface area contributed by atoms with E-state index >= 15 is 0 Å². The van der Waals surface area contributed by atoms with Crippen LogP contribution in [0.3, 0.4) is 0 Å². The average Bonchev–Trinajstić information content (AvgIpc) is 2.47. The highest BCUT2D eigenvalue weighted by molar-refractivity contribution is 5.89. The molecule has 0 saturated carbocycles. The summed E-state index contributed by atoms with van der Waals surface area (Å²) in [6.45, 7) is 6.55. The number of carbonyl (C=O) groups is 2. The van der Waals surface area contributed by atoms with E-state index in [1.165, 1.54) is 24.3 Å². The van der Waals surface area contributed by atoms with Crippen molar-refractivity contribution in [2.75, 3.05) is 0 Å². The zero-order valence-electron chi connectivity index (χ0n) is 10.8. The van der Waals surface area contributed by atoms with Crippen molar-refractivity contribution >= 4 is 22.9 Å². The van der Waals surface area contributed by atoms with Gasteiger partial charge in [-0.1, -0.05) is 13.2 Å². The molecule has 0 aliphatic rings. The summed E-state index contributed by atoms with van der Waals surface area (Å²) in [6.07, 6.45) is 1.92. The number of ether oxygens (including phenoxy) is 2. The van der Waals surface area contributed by atoms with Crippen LogP contribution in [-0.4, -0.2) is 11.9 Å². The molecular formula is C15H10O6. The summed E-state index contributed by atoms with van der Waals surface area (Å²) < 4.78 is 14.9. The molecule has 0 saturated heterocycles. The van der Waals surface area contributed by atoms with Crippen LogP contribution in [0.25, 0.3) is 11.0 Å². The lowest BCUT2D eigenvalue weighted by Gasteiger charge is -2.09. The van der Waals surface area contributed by atoms with Crippen molar-refractivity contribution in [3.8, 4) is 11.5 Å². The van der Waals surface area contributed by atoms with Crippen LogP contribution in [0.1, 0.15) is 0 Å². The van der Waals surface area contributed by atoms with Gasteiger partial charge in [-0.15, -0.1) is 0 Å². The maximum atomic E-state index is 11.3. The summed E-state index contributed by atoms with van der Waals surface area (Å²) in [5, 5.41) is 0.500. The lowest BCUT2D eigenvalue weighted by Crippen LogP contribution is -2.08. The van der Waals surface area contributed by atoms with Crippen LogP contribution < -0.4 is 15.1 Å². The van der Waals surface area contributed by atoms with Crippen LogP contribution in [0.5, 0.6) is 11.5 Å². The van der Waals surface area contributed by atoms with Crippen molar-refractivity contribution in [2.45, 2.75) is 0 Å². The molecule has 0 amide bonds. The average molecular weight is 286 g/mol. The van der Waals surface area contributed by atoms with Gasteiger partial charge in [0.2, 0.25) is 0 Å². The van der Waals surface area contributed by atoms with Gasteiger partial charge in [-0.05, 0) is 12.1 Å². The summed E-state index contributed by atoms with van der Waals surface area (Å²) >= 11 is 0. The van der Waals surface area contributed by atoms with Gasteiger partial charge in [-0.2, -0.15) is 0 Å². The molecule has 0 radical (unpaired) electrons. The van der Waals surface area contributed by atoms with E-state index < -0.39 is 17.6 Å². The van der Waals surface area contributed by atoms with E-state index in [0.717, 1.165) is 12.2 Å². The lowest BCUT2D eigenvalue weighted by atomic mass is 10.2. The molecule has 0 aliphatic heterocycles. The predicted molar refractivity (Wildman–Crippen MR) is 74.1 cm³/mol. The van der Waals surface area contributed by atoms with Gasteiger partial charge in [0.05, 0.1) is 0 Å². The van der Waals surface area contributed by atoms with Crippen molar-refractivity contribution in [1.29, 1.82) is 0 Å². The first kappa shape index (κ1) is 14.3. The van der Waals surface area contributed by atoms with E-state index in [2.05, 4.69) is 13.2 Å². The molecular weight excluding hydrogens is 276 g/mol. The van der Waals surface area contributed by atoms with E-state index in [-0.39, 0.29) is 17.1 Å². The third kappa shape index (κ3) is 3.24. The normalized spacial score (nSPS) is 9.90. The van der Waals surface area contributed by atoms with Gasteiger partial charge in [-0.25, -0.2) is 14.4 Å². The van der Waals surface area contributed by atoms with Crippen LogP contribution in [0.4, 0.5) is 0 Å². The molecule has 2 rings (SSSR count). The number of rotatable bonds is 4. The fourth-order valence-corrected chi connectivity index (χ4v) is 1.54. The molecule has 0 spiro atoms. The third-order valence-electron chi connectivity index (χ3n) is 2.44. The minimum absolute atomic E-state index is 0.00329. The molecule has 0 unspecified atom stereocenters. The van der Waals surface area contributed by atoms with Crippen molar-refractivity contribution in [3.63, 3.8) is 0 Å². The van der Waals surface area contributed by atoms with Gasteiger partial charge >= 0.3 is 17.6 Å². The first-order valence-electron chi connectivity index (χ1n) is 5.80. The topological polar surface area (TPSA) is 82.8 Å².